The lowest BCUT2D eigenvalue weighted by Crippen LogP contribution is -2.10. The molecule has 1 amide bonds. The summed E-state index contributed by atoms with van der Waals surface area (Å²) in [6, 6.07) is 16.1. The summed E-state index contributed by atoms with van der Waals surface area (Å²) >= 11 is 0. The number of methoxy groups -OCH3 is 1. The Morgan fingerprint density at radius 2 is 1.92 bits per heavy atom. The highest BCUT2D eigenvalue weighted by molar-refractivity contribution is 5.99. The van der Waals surface area contributed by atoms with Gasteiger partial charge in [-0.05, 0) is 43.0 Å². The molecule has 2 heterocycles. The zero-order valence-corrected chi connectivity index (χ0v) is 14.9. The third-order valence-electron chi connectivity index (χ3n) is 4.60. The van der Waals surface area contributed by atoms with E-state index >= 15 is 0 Å². The van der Waals surface area contributed by atoms with E-state index in [9.17, 15) is 4.79 Å². The lowest BCUT2D eigenvalue weighted by molar-refractivity contribution is 0.187. The van der Waals surface area contributed by atoms with Crippen molar-refractivity contribution in [3.05, 3.63) is 66.0 Å². The van der Waals surface area contributed by atoms with Crippen LogP contribution in [-0.2, 0) is 4.74 Å². The van der Waals surface area contributed by atoms with Gasteiger partial charge >= 0.3 is 6.09 Å². The Balaban J connectivity index is 1.94. The molecule has 4 aromatic rings. The molecule has 0 fully saturated rings. The number of hydrogen-bond donors (Lipinski definition) is 1. The third-order valence-corrected chi connectivity index (χ3v) is 4.60. The van der Waals surface area contributed by atoms with Crippen LogP contribution >= 0.6 is 0 Å². The van der Waals surface area contributed by atoms with Gasteiger partial charge in [0.05, 0.1) is 12.8 Å². The van der Waals surface area contributed by atoms with Gasteiger partial charge in [0.25, 0.3) is 0 Å². The fourth-order valence-corrected chi connectivity index (χ4v) is 3.25. The Labute approximate surface area is 151 Å². The first kappa shape index (κ1) is 16.1. The van der Waals surface area contributed by atoms with E-state index < -0.39 is 6.09 Å². The number of anilines is 1. The van der Waals surface area contributed by atoms with Crippen molar-refractivity contribution in [1.29, 1.82) is 0 Å². The topological polar surface area (TPSA) is 55.6 Å². The molecule has 2 aromatic heterocycles. The molecule has 0 atom stereocenters. The minimum Gasteiger partial charge on any atom is -0.453 e. The van der Waals surface area contributed by atoms with E-state index in [0.717, 1.165) is 33.4 Å². The maximum atomic E-state index is 11.5. The van der Waals surface area contributed by atoms with Crippen LogP contribution in [0.25, 0.3) is 27.7 Å². The number of rotatable bonds is 2. The molecule has 0 radical (unpaired) electrons. The molecule has 26 heavy (non-hydrogen) atoms. The van der Waals surface area contributed by atoms with Crippen LogP contribution in [0, 0.1) is 13.8 Å². The summed E-state index contributed by atoms with van der Waals surface area (Å²) in [5, 5.41) is 4.76. The number of benzene rings is 2. The second-order valence-corrected chi connectivity index (χ2v) is 6.34. The van der Waals surface area contributed by atoms with Gasteiger partial charge in [-0.1, -0.05) is 30.3 Å². The van der Waals surface area contributed by atoms with Crippen LogP contribution in [0.4, 0.5) is 10.5 Å². The van der Waals surface area contributed by atoms with Crippen molar-refractivity contribution in [1.82, 2.24) is 9.38 Å². The van der Waals surface area contributed by atoms with Crippen molar-refractivity contribution in [2.45, 2.75) is 13.8 Å². The normalized spacial score (nSPS) is 11.0. The van der Waals surface area contributed by atoms with Gasteiger partial charge in [-0.15, -0.1) is 0 Å². The van der Waals surface area contributed by atoms with Crippen molar-refractivity contribution in [3.63, 3.8) is 0 Å². The monoisotopic (exact) mass is 345 g/mol. The molecule has 0 bridgehead atoms. The van der Waals surface area contributed by atoms with E-state index in [2.05, 4.69) is 52.7 Å². The first-order valence-corrected chi connectivity index (χ1v) is 8.40. The zero-order valence-electron chi connectivity index (χ0n) is 14.9. The minimum atomic E-state index is -0.489. The smallest absolute Gasteiger partial charge is 0.411 e. The van der Waals surface area contributed by atoms with Crippen LogP contribution in [0.1, 0.15) is 11.3 Å². The molecule has 0 spiro atoms. The summed E-state index contributed by atoms with van der Waals surface area (Å²) in [5.74, 6) is 0. The molecule has 4 rings (SSSR count). The van der Waals surface area contributed by atoms with E-state index in [1.54, 1.807) is 0 Å². The number of hydrogen-bond acceptors (Lipinski definition) is 3. The first-order valence-electron chi connectivity index (χ1n) is 8.40. The van der Waals surface area contributed by atoms with Gasteiger partial charge in [-0.25, -0.2) is 9.78 Å². The molecule has 130 valence electrons. The molecular weight excluding hydrogens is 326 g/mol. The number of aryl methyl sites for hydroxylation is 2. The fraction of sp³-hybridized carbons (Fsp3) is 0.143. The van der Waals surface area contributed by atoms with Crippen LogP contribution in [0.3, 0.4) is 0 Å². The van der Waals surface area contributed by atoms with Crippen LogP contribution in [0.5, 0.6) is 0 Å². The van der Waals surface area contributed by atoms with Crippen LogP contribution in [-0.4, -0.2) is 22.6 Å². The lowest BCUT2D eigenvalue weighted by atomic mass is 10.1. The van der Waals surface area contributed by atoms with Gasteiger partial charge in [0.15, 0.2) is 0 Å². The summed E-state index contributed by atoms with van der Waals surface area (Å²) in [5.41, 5.74) is 5.89. The number of pyridine rings is 1. The highest BCUT2D eigenvalue weighted by atomic mass is 16.5. The Kier molecular flexibility index (Phi) is 3.84. The van der Waals surface area contributed by atoms with Crippen molar-refractivity contribution < 1.29 is 9.53 Å². The van der Waals surface area contributed by atoms with Crippen LogP contribution in [0.2, 0.25) is 0 Å². The van der Waals surface area contributed by atoms with Gasteiger partial charge in [0, 0.05) is 28.5 Å². The molecule has 0 aliphatic rings. The number of nitrogens with one attached hydrogen (secondary N) is 1. The molecule has 0 aliphatic heterocycles. The highest BCUT2D eigenvalue weighted by Gasteiger charge is 2.12. The molecule has 0 saturated heterocycles. The van der Waals surface area contributed by atoms with Crippen molar-refractivity contribution in [2.75, 3.05) is 12.4 Å². The highest BCUT2D eigenvalue weighted by Crippen LogP contribution is 2.29. The number of carbonyl (C=O) groups excluding carboxylic acids is 1. The Hall–Kier alpha value is -3.34. The van der Waals surface area contributed by atoms with Crippen LogP contribution in [0.15, 0.2) is 54.7 Å². The average molecular weight is 345 g/mol. The van der Waals surface area contributed by atoms with Crippen molar-refractivity contribution >= 4 is 28.2 Å². The lowest BCUT2D eigenvalue weighted by Gasteiger charge is -2.08. The van der Waals surface area contributed by atoms with Crippen LogP contribution < -0.4 is 5.32 Å². The summed E-state index contributed by atoms with van der Waals surface area (Å²) < 4.78 is 6.77. The molecule has 5 nitrogen and oxygen atoms in total. The number of ether oxygens (including phenoxy) is 1. The summed E-state index contributed by atoms with van der Waals surface area (Å²) in [6.45, 7) is 4.15. The third kappa shape index (κ3) is 2.67. The van der Waals surface area contributed by atoms with E-state index in [1.807, 2.05) is 30.3 Å². The molecule has 2 aromatic carbocycles. The molecule has 0 saturated carbocycles. The second-order valence-electron chi connectivity index (χ2n) is 6.34. The summed E-state index contributed by atoms with van der Waals surface area (Å²) in [7, 11) is 1.35. The Morgan fingerprint density at radius 1 is 1.12 bits per heavy atom. The van der Waals surface area contributed by atoms with Gasteiger partial charge < -0.3 is 9.14 Å². The fourth-order valence-electron chi connectivity index (χ4n) is 3.25. The van der Waals surface area contributed by atoms with E-state index in [4.69, 9.17) is 4.98 Å². The maximum absolute atomic E-state index is 11.5. The first-order chi connectivity index (χ1) is 12.6. The van der Waals surface area contributed by atoms with E-state index in [-0.39, 0.29) is 0 Å². The van der Waals surface area contributed by atoms with Crippen molar-refractivity contribution in [3.8, 4) is 11.3 Å². The number of imidazole rings is 1. The molecule has 0 unspecified atom stereocenters. The molecular formula is C21H19N3O2. The quantitative estimate of drug-likeness (QED) is 0.559. The number of fused-ring (bicyclic) bond motifs is 3. The Bertz CT molecular complexity index is 1140. The van der Waals surface area contributed by atoms with Gasteiger partial charge in [-0.3, -0.25) is 5.32 Å². The van der Waals surface area contributed by atoms with Gasteiger partial charge in [0.1, 0.15) is 5.65 Å². The SMILES string of the molecule is COC(=O)Nc1ccc2cc(C)n3cc(-c4ccccc4C)nc3c2c1. The number of aromatic nitrogens is 2. The van der Waals surface area contributed by atoms with Gasteiger partial charge in [-0.2, -0.15) is 0 Å². The second kappa shape index (κ2) is 6.19. The van der Waals surface area contributed by atoms with E-state index in [0.29, 0.717) is 5.69 Å². The zero-order chi connectivity index (χ0) is 18.3. The maximum Gasteiger partial charge on any atom is 0.411 e. The molecule has 5 heteroatoms. The standard InChI is InChI=1S/C21H19N3O2/c1-13-6-4-5-7-17(13)19-12-24-14(2)10-15-8-9-16(22-21(25)26-3)11-18(15)20(24)23-19/h4-12H,1-3H3,(H,22,25). The molecule has 1 N–H and O–H groups in total. The molecule has 0 aliphatic carbocycles. The number of amides is 1. The average Bonchev–Trinajstić information content (AvgIpc) is 3.08. The largest absolute Gasteiger partial charge is 0.453 e. The Morgan fingerprint density at radius 3 is 2.69 bits per heavy atom. The number of nitrogens with zero attached hydrogens (tertiary/aromatic N) is 2. The van der Waals surface area contributed by atoms with E-state index in [1.165, 1.54) is 12.7 Å². The summed E-state index contributed by atoms with van der Waals surface area (Å²) in [6.07, 6.45) is 1.57. The predicted octanol–water partition coefficient (Wildman–Crippen LogP) is 4.95. The van der Waals surface area contributed by atoms with Crippen molar-refractivity contribution in [2.24, 2.45) is 0 Å². The number of carbonyl (C=O) groups is 1. The predicted molar refractivity (Wildman–Crippen MR) is 104 cm³/mol. The summed E-state index contributed by atoms with van der Waals surface area (Å²) in [4.78, 5) is 16.4. The van der Waals surface area contributed by atoms with Gasteiger partial charge in [0.2, 0.25) is 0 Å². The minimum absolute atomic E-state index is 0.489.